The van der Waals surface area contributed by atoms with Crippen molar-refractivity contribution in [1.29, 1.82) is 0 Å². The van der Waals surface area contributed by atoms with Crippen molar-refractivity contribution >= 4 is 19.5 Å². The van der Waals surface area contributed by atoms with Crippen LogP contribution in [0.4, 0.5) is 0 Å². The Balaban J connectivity index is 3.76. The van der Waals surface area contributed by atoms with Crippen LogP contribution in [0.25, 0.3) is 0 Å². The summed E-state index contributed by atoms with van der Waals surface area (Å²) in [6, 6.07) is 0. The monoisotopic (exact) mass is 278 g/mol. The van der Waals surface area contributed by atoms with Crippen LogP contribution in [-0.2, 0) is 28.2 Å². The first kappa shape index (κ1) is 16.6. The molecule has 1 unspecified atom stereocenters. The van der Waals surface area contributed by atoms with Gasteiger partial charge in [0.25, 0.3) is 0 Å². The average Bonchev–Trinajstić information content (AvgIpc) is 2.33. The van der Waals surface area contributed by atoms with Crippen LogP contribution in [0.5, 0.6) is 0 Å². The first-order valence-corrected chi connectivity index (χ1v) is 6.72. The lowest BCUT2D eigenvalue weighted by molar-refractivity contribution is -0.139. The summed E-state index contributed by atoms with van der Waals surface area (Å²) >= 11 is 0. The van der Waals surface area contributed by atoms with E-state index >= 15 is 0 Å². The molecule has 0 aromatic carbocycles. The highest BCUT2D eigenvalue weighted by molar-refractivity contribution is 7.52. The van der Waals surface area contributed by atoms with Crippen molar-refractivity contribution < 1.29 is 33.0 Å². The van der Waals surface area contributed by atoms with E-state index in [-0.39, 0.29) is 26.0 Å². The molecule has 0 aliphatic heterocycles. The Morgan fingerprint density at radius 3 is 2.06 bits per heavy atom. The van der Waals surface area contributed by atoms with Crippen LogP contribution >= 0.6 is 7.60 Å². The summed E-state index contributed by atoms with van der Waals surface area (Å²) in [5.74, 6) is -1.33. The lowest BCUT2D eigenvalue weighted by atomic mass is 10.6. The van der Waals surface area contributed by atoms with E-state index in [9.17, 15) is 19.0 Å². The predicted octanol–water partition coefficient (Wildman–Crippen LogP) is 0.647. The van der Waals surface area contributed by atoms with E-state index in [0.29, 0.717) is 0 Å². The molecule has 18 heavy (non-hydrogen) atoms. The Kier molecular flexibility index (Phi) is 7.94. The Labute approximate surface area is 105 Å². The molecule has 0 saturated carbocycles. The molecule has 8 heteroatoms. The molecule has 0 aromatic rings. The van der Waals surface area contributed by atoms with Gasteiger partial charge in [0.2, 0.25) is 0 Å². The molecule has 0 amide bonds. The zero-order valence-corrected chi connectivity index (χ0v) is 10.6. The van der Waals surface area contributed by atoms with E-state index in [1.54, 1.807) is 0 Å². The smallest absolute Gasteiger partial charge is 0.331 e. The molecular formula is C10H15O7P. The summed E-state index contributed by atoms with van der Waals surface area (Å²) < 4.78 is 25.0. The highest BCUT2D eigenvalue weighted by atomic mass is 31.2. The van der Waals surface area contributed by atoms with E-state index in [0.717, 1.165) is 12.2 Å². The Morgan fingerprint density at radius 2 is 1.56 bits per heavy atom. The quantitative estimate of drug-likeness (QED) is 0.286. The molecule has 0 aliphatic rings. The number of carbonyl (C=O) groups is 2. The van der Waals surface area contributed by atoms with Crippen LogP contribution in [0.15, 0.2) is 25.3 Å². The molecule has 0 aliphatic carbocycles. The van der Waals surface area contributed by atoms with Gasteiger partial charge < -0.3 is 18.9 Å². The van der Waals surface area contributed by atoms with Crippen LogP contribution < -0.4 is 0 Å². The lowest BCUT2D eigenvalue weighted by Crippen LogP contribution is -2.11. The van der Waals surface area contributed by atoms with Gasteiger partial charge in [0.05, 0.1) is 12.8 Å². The summed E-state index contributed by atoms with van der Waals surface area (Å²) in [6.45, 7) is 5.69. The van der Waals surface area contributed by atoms with Gasteiger partial charge in [0.1, 0.15) is 13.2 Å². The van der Waals surface area contributed by atoms with Gasteiger partial charge in [0, 0.05) is 12.2 Å². The molecule has 0 radical (unpaired) electrons. The number of esters is 2. The number of ether oxygens (including phenoxy) is 2. The average molecular weight is 278 g/mol. The highest BCUT2D eigenvalue weighted by Crippen LogP contribution is 2.41. The SMILES string of the molecule is C=CC(=O)OCCOP(=O)(O)CCOC(=O)C=C. The molecule has 0 heterocycles. The topological polar surface area (TPSA) is 99.1 Å². The third kappa shape index (κ3) is 8.69. The minimum atomic E-state index is -3.86. The molecule has 1 atom stereocenters. The van der Waals surface area contributed by atoms with E-state index < -0.39 is 19.5 Å². The maximum Gasteiger partial charge on any atom is 0.331 e. The number of carbonyl (C=O) groups excluding carboxylic acids is 2. The zero-order valence-electron chi connectivity index (χ0n) is 9.74. The second-order valence-electron chi connectivity index (χ2n) is 2.94. The Bertz CT molecular complexity index is 363. The van der Waals surface area contributed by atoms with Gasteiger partial charge in [-0.3, -0.25) is 4.57 Å². The Morgan fingerprint density at radius 1 is 1.06 bits per heavy atom. The normalized spacial score (nSPS) is 13.2. The van der Waals surface area contributed by atoms with Gasteiger partial charge in [-0.1, -0.05) is 13.2 Å². The van der Waals surface area contributed by atoms with Crippen molar-refractivity contribution in [1.82, 2.24) is 0 Å². The van der Waals surface area contributed by atoms with Crippen LogP contribution in [0.1, 0.15) is 0 Å². The third-order valence-corrected chi connectivity index (χ3v) is 2.91. The molecule has 0 rings (SSSR count). The van der Waals surface area contributed by atoms with Gasteiger partial charge in [0.15, 0.2) is 0 Å². The summed E-state index contributed by atoms with van der Waals surface area (Å²) in [7, 11) is -3.86. The van der Waals surface area contributed by atoms with Gasteiger partial charge >= 0.3 is 19.5 Å². The first-order valence-electron chi connectivity index (χ1n) is 4.96. The summed E-state index contributed by atoms with van der Waals surface area (Å²) in [5, 5.41) is 0. The molecule has 0 spiro atoms. The van der Waals surface area contributed by atoms with Gasteiger partial charge in [-0.15, -0.1) is 0 Å². The van der Waals surface area contributed by atoms with Crippen LogP contribution in [0.2, 0.25) is 0 Å². The number of hydrogen-bond acceptors (Lipinski definition) is 6. The fraction of sp³-hybridized carbons (Fsp3) is 0.400. The fourth-order valence-electron chi connectivity index (χ4n) is 0.766. The van der Waals surface area contributed by atoms with Crippen molar-refractivity contribution in [3.05, 3.63) is 25.3 Å². The van der Waals surface area contributed by atoms with E-state index in [4.69, 9.17) is 0 Å². The molecule has 0 aromatic heterocycles. The van der Waals surface area contributed by atoms with Crippen molar-refractivity contribution in [2.45, 2.75) is 0 Å². The van der Waals surface area contributed by atoms with E-state index in [1.807, 2.05) is 0 Å². The molecule has 0 bridgehead atoms. The third-order valence-electron chi connectivity index (χ3n) is 1.57. The van der Waals surface area contributed by atoms with Crippen molar-refractivity contribution in [2.24, 2.45) is 0 Å². The standard InChI is InChI=1S/C10H15O7P/c1-3-9(11)15-5-6-17-18(13,14)8-7-16-10(12)4-2/h3-4H,1-2,5-8H2,(H,13,14). The van der Waals surface area contributed by atoms with Crippen LogP contribution in [0.3, 0.4) is 0 Å². The van der Waals surface area contributed by atoms with Crippen LogP contribution in [-0.4, -0.2) is 42.8 Å². The number of rotatable bonds is 9. The molecule has 0 saturated heterocycles. The maximum atomic E-state index is 11.4. The van der Waals surface area contributed by atoms with Crippen molar-refractivity contribution in [3.8, 4) is 0 Å². The summed E-state index contributed by atoms with van der Waals surface area (Å²) in [5.41, 5.74) is 0. The molecule has 0 fully saturated rings. The maximum absolute atomic E-state index is 11.4. The zero-order chi connectivity index (χ0) is 14.0. The number of hydrogen-bond donors (Lipinski definition) is 1. The molecular weight excluding hydrogens is 263 g/mol. The second kappa shape index (κ2) is 8.63. The second-order valence-corrected chi connectivity index (χ2v) is 4.92. The van der Waals surface area contributed by atoms with Crippen LogP contribution in [0, 0.1) is 0 Å². The van der Waals surface area contributed by atoms with Crippen molar-refractivity contribution in [3.63, 3.8) is 0 Å². The largest absolute Gasteiger partial charge is 0.462 e. The summed E-state index contributed by atoms with van der Waals surface area (Å²) in [4.78, 5) is 30.5. The lowest BCUT2D eigenvalue weighted by Gasteiger charge is -2.11. The highest BCUT2D eigenvalue weighted by Gasteiger charge is 2.19. The molecule has 7 nitrogen and oxygen atoms in total. The first-order chi connectivity index (χ1) is 8.41. The van der Waals surface area contributed by atoms with Gasteiger partial charge in [-0.05, 0) is 0 Å². The molecule has 102 valence electrons. The van der Waals surface area contributed by atoms with Crippen molar-refractivity contribution in [2.75, 3.05) is 26.0 Å². The Hall–Kier alpha value is -1.43. The summed E-state index contributed by atoms with van der Waals surface area (Å²) in [6.07, 6.45) is 1.56. The van der Waals surface area contributed by atoms with E-state index in [2.05, 4.69) is 27.2 Å². The minimum Gasteiger partial charge on any atom is -0.462 e. The van der Waals surface area contributed by atoms with E-state index in [1.165, 1.54) is 0 Å². The fourth-order valence-corrected chi connectivity index (χ4v) is 1.58. The predicted molar refractivity (Wildman–Crippen MR) is 63.0 cm³/mol. The van der Waals surface area contributed by atoms with Gasteiger partial charge in [-0.25, -0.2) is 9.59 Å². The molecule has 1 N–H and O–H groups in total. The minimum absolute atomic E-state index is 0.165. The van der Waals surface area contributed by atoms with Gasteiger partial charge in [-0.2, -0.15) is 0 Å².